The van der Waals surface area contributed by atoms with E-state index in [1.807, 2.05) is 0 Å². The third-order valence-corrected chi connectivity index (χ3v) is 3.25. The van der Waals surface area contributed by atoms with Crippen molar-refractivity contribution in [2.75, 3.05) is 5.32 Å². The standard InChI is InChI=1S/C17H12F3N3O3/c1-10-21-16(26-23-10)12-7-5-11(6-8-12)15(24)22-13-3-2-4-14(9-13)25-17(18,19)20/h2-9H,1H3,(H,22,24). The molecule has 0 saturated heterocycles. The average Bonchev–Trinajstić information content (AvgIpc) is 3.00. The first kappa shape index (κ1) is 17.5. The molecule has 6 nitrogen and oxygen atoms in total. The normalized spacial score (nSPS) is 11.2. The zero-order chi connectivity index (χ0) is 18.7. The predicted molar refractivity (Wildman–Crippen MR) is 85.5 cm³/mol. The van der Waals surface area contributed by atoms with Gasteiger partial charge in [-0.05, 0) is 43.3 Å². The second kappa shape index (κ2) is 6.87. The van der Waals surface area contributed by atoms with Crippen LogP contribution in [0.5, 0.6) is 5.75 Å². The Kier molecular flexibility index (Phi) is 4.61. The Bertz CT molecular complexity index is 921. The number of nitrogens with zero attached hydrogens (tertiary/aromatic N) is 2. The number of halogens is 3. The summed E-state index contributed by atoms with van der Waals surface area (Å²) in [5, 5.41) is 6.19. The monoisotopic (exact) mass is 363 g/mol. The van der Waals surface area contributed by atoms with Gasteiger partial charge in [-0.1, -0.05) is 11.2 Å². The lowest BCUT2D eigenvalue weighted by molar-refractivity contribution is -0.274. The largest absolute Gasteiger partial charge is 0.573 e. The molecule has 0 saturated carbocycles. The third-order valence-electron chi connectivity index (χ3n) is 3.25. The second-order valence-electron chi connectivity index (χ2n) is 5.25. The molecule has 0 radical (unpaired) electrons. The van der Waals surface area contributed by atoms with Crippen molar-refractivity contribution in [1.29, 1.82) is 0 Å². The number of benzene rings is 2. The molecule has 1 heterocycles. The lowest BCUT2D eigenvalue weighted by atomic mass is 10.1. The van der Waals surface area contributed by atoms with Crippen LogP contribution in [-0.2, 0) is 0 Å². The molecule has 134 valence electrons. The maximum absolute atomic E-state index is 12.3. The van der Waals surface area contributed by atoms with Gasteiger partial charge in [-0.3, -0.25) is 4.79 Å². The van der Waals surface area contributed by atoms with E-state index in [1.165, 1.54) is 12.1 Å². The fraction of sp³-hybridized carbons (Fsp3) is 0.118. The van der Waals surface area contributed by atoms with E-state index in [0.29, 0.717) is 22.8 Å². The van der Waals surface area contributed by atoms with E-state index >= 15 is 0 Å². The number of amides is 1. The van der Waals surface area contributed by atoms with Gasteiger partial charge < -0.3 is 14.6 Å². The molecule has 26 heavy (non-hydrogen) atoms. The first-order valence-corrected chi connectivity index (χ1v) is 7.38. The Hall–Kier alpha value is -3.36. The summed E-state index contributed by atoms with van der Waals surface area (Å²) in [4.78, 5) is 16.3. The summed E-state index contributed by atoms with van der Waals surface area (Å²) in [5.41, 5.74) is 1.13. The zero-order valence-corrected chi connectivity index (χ0v) is 13.4. The summed E-state index contributed by atoms with van der Waals surface area (Å²) in [6, 6.07) is 11.4. The molecule has 3 rings (SSSR count). The summed E-state index contributed by atoms with van der Waals surface area (Å²) in [6.45, 7) is 1.69. The van der Waals surface area contributed by atoms with Gasteiger partial charge in [0.05, 0.1) is 0 Å². The number of aromatic nitrogens is 2. The van der Waals surface area contributed by atoms with Crippen LogP contribution in [0.25, 0.3) is 11.5 Å². The number of ether oxygens (including phenoxy) is 1. The van der Waals surface area contributed by atoms with Crippen molar-refractivity contribution < 1.29 is 27.2 Å². The van der Waals surface area contributed by atoms with Crippen molar-refractivity contribution in [3.63, 3.8) is 0 Å². The van der Waals surface area contributed by atoms with E-state index in [9.17, 15) is 18.0 Å². The fourth-order valence-electron chi connectivity index (χ4n) is 2.15. The van der Waals surface area contributed by atoms with Gasteiger partial charge >= 0.3 is 6.36 Å². The summed E-state index contributed by atoms with van der Waals surface area (Å²) in [5.74, 6) is -0.0888. The van der Waals surface area contributed by atoms with E-state index in [1.54, 1.807) is 31.2 Å². The van der Waals surface area contributed by atoms with Crippen LogP contribution in [-0.4, -0.2) is 22.4 Å². The number of hydrogen-bond donors (Lipinski definition) is 1. The van der Waals surface area contributed by atoms with Crippen molar-refractivity contribution in [2.45, 2.75) is 13.3 Å². The van der Waals surface area contributed by atoms with E-state index in [2.05, 4.69) is 20.2 Å². The molecule has 0 spiro atoms. The van der Waals surface area contributed by atoms with Crippen LogP contribution >= 0.6 is 0 Å². The van der Waals surface area contributed by atoms with Crippen LogP contribution < -0.4 is 10.1 Å². The zero-order valence-electron chi connectivity index (χ0n) is 13.4. The molecule has 1 N–H and O–H groups in total. The van der Waals surface area contributed by atoms with Crippen molar-refractivity contribution in [3.05, 3.63) is 59.9 Å². The van der Waals surface area contributed by atoms with E-state index in [4.69, 9.17) is 4.52 Å². The van der Waals surface area contributed by atoms with Gasteiger partial charge in [0.1, 0.15) is 5.75 Å². The lowest BCUT2D eigenvalue weighted by Gasteiger charge is -2.10. The number of alkyl halides is 3. The third kappa shape index (κ3) is 4.38. The van der Waals surface area contributed by atoms with Gasteiger partial charge in [-0.15, -0.1) is 13.2 Å². The minimum Gasteiger partial charge on any atom is -0.406 e. The predicted octanol–water partition coefficient (Wildman–Crippen LogP) is 4.20. The molecule has 0 bridgehead atoms. The van der Waals surface area contributed by atoms with Crippen LogP contribution in [0.4, 0.5) is 18.9 Å². The van der Waals surface area contributed by atoms with Crippen molar-refractivity contribution in [3.8, 4) is 17.2 Å². The second-order valence-corrected chi connectivity index (χ2v) is 5.25. The van der Waals surface area contributed by atoms with E-state index < -0.39 is 18.0 Å². The first-order valence-electron chi connectivity index (χ1n) is 7.38. The summed E-state index contributed by atoms with van der Waals surface area (Å²) < 4.78 is 45.6. The number of nitrogens with one attached hydrogen (secondary N) is 1. The Morgan fingerprint density at radius 3 is 2.50 bits per heavy atom. The van der Waals surface area contributed by atoms with Crippen LogP contribution in [0, 0.1) is 6.92 Å². The minimum absolute atomic E-state index is 0.174. The molecule has 3 aromatic rings. The highest BCUT2D eigenvalue weighted by Crippen LogP contribution is 2.25. The van der Waals surface area contributed by atoms with E-state index in [0.717, 1.165) is 12.1 Å². The van der Waals surface area contributed by atoms with Crippen LogP contribution in [0.15, 0.2) is 53.1 Å². The number of anilines is 1. The Morgan fingerprint density at radius 2 is 1.88 bits per heavy atom. The van der Waals surface area contributed by atoms with Crippen LogP contribution in [0.2, 0.25) is 0 Å². The average molecular weight is 363 g/mol. The molecule has 0 fully saturated rings. The lowest BCUT2D eigenvalue weighted by Crippen LogP contribution is -2.17. The SMILES string of the molecule is Cc1noc(-c2ccc(C(=O)Nc3cccc(OC(F)(F)F)c3)cc2)n1. The van der Waals surface area contributed by atoms with Gasteiger partial charge in [-0.25, -0.2) is 0 Å². The topological polar surface area (TPSA) is 77.2 Å². The number of carbonyl (C=O) groups is 1. The molecule has 0 atom stereocenters. The highest BCUT2D eigenvalue weighted by atomic mass is 19.4. The fourth-order valence-corrected chi connectivity index (χ4v) is 2.15. The van der Waals surface area contributed by atoms with Crippen LogP contribution in [0.1, 0.15) is 16.2 Å². The highest BCUT2D eigenvalue weighted by molar-refractivity contribution is 6.04. The van der Waals surface area contributed by atoms with Crippen molar-refractivity contribution in [1.82, 2.24) is 10.1 Å². The molecule has 2 aromatic carbocycles. The number of carbonyl (C=O) groups excluding carboxylic acids is 1. The molecule has 0 aliphatic carbocycles. The van der Waals surface area contributed by atoms with E-state index in [-0.39, 0.29) is 5.69 Å². The smallest absolute Gasteiger partial charge is 0.406 e. The maximum Gasteiger partial charge on any atom is 0.573 e. The Labute approximate surface area is 145 Å². The summed E-state index contributed by atoms with van der Waals surface area (Å²) in [7, 11) is 0. The Balaban J connectivity index is 1.71. The van der Waals surface area contributed by atoms with Crippen molar-refractivity contribution in [2.24, 2.45) is 0 Å². The maximum atomic E-state index is 12.3. The molecule has 1 amide bonds. The van der Waals surface area contributed by atoms with Crippen molar-refractivity contribution >= 4 is 11.6 Å². The molecular formula is C17H12F3N3O3. The quantitative estimate of drug-likeness (QED) is 0.752. The number of rotatable bonds is 4. The summed E-state index contributed by atoms with van der Waals surface area (Å²) in [6.07, 6.45) is -4.80. The molecule has 0 aliphatic heterocycles. The molecule has 0 aliphatic rings. The molecule has 0 unspecified atom stereocenters. The van der Waals surface area contributed by atoms with Gasteiger partial charge in [-0.2, -0.15) is 4.98 Å². The van der Waals surface area contributed by atoms with Gasteiger partial charge in [0.25, 0.3) is 11.8 Å². The first-order chi connectivity index (χ1) is 12.3. The minimum atomic E-state index is -4.80. The van der Waals surface area contributed by atoms with Gasteiger partial charge in [0.15, 0.2) is 5.82 Å². The number of hydrogen-bond acceptors (Lipinski definition) is 5. The van der Waals surface area contributed by atoms with Crippen LogP contribution in [0.3, 0.4) is 0 Å². The summed E-state index contributed by atoms with van der Waals surface area (Å²) >= 11 is 0. The number of aryl methyl sites for hydroxylation is 1. The molecule has 9 heteroatoms. The highest BCUT2D eigenvalue weighted by Gasteiger charge is 2.31. The molecular weight excluding hydrogens is 351 g/mol. The van der Waals surface area contributed by atoms with Gasteiger partial charge in [0, 0.05) is 22.9 Å². The van der Waals surface area contributed by atoms with Gasteiger partial charge in [0.2, 0.25) is 0 Å². The molecule has 1 aromatic heterocycles. The Morgan fingerprint density at radius 1 is 1.15 bits per heavy atom.